The molecule has 1 aromatic carbocycles. The molecule has 1 aliphatic rings. The van der Waals surface area contributed by atoms with Gasteiger partial charge in [0.2, 0.25) is 5.91 Å². The summed E-state index contributed by atoms with van der Waals surface area (Å²) in [5.74, 6) is 0.0190. The lowest BCUT2D eigenvalue weighted by Crippen LogP contribution is -2.54. The smallest absolute Gasteiger partial charge is 0.276 e. The zero-order valence-corrected chi connectivity index (χ0v) is 13.6. The van der Waals surface area contributed by atoms with Gasteiger partial charge in [0.25, 0.3) is 5.91 Å². The van der Waals surface area contributed by atoms with E-state index in [1.807, 2.05) is 6.92 Å². The SMILES string of the molecule is Cc1cc(C(=O)N2CC(C(=O)Nc3cccc(Cl)c3C)C2)no1. The van der Waals surface area contributed by atoms with Crippen LogP contribution in [0.4, 0.5) is 5.69 Å². The molecule has 0 spiro atoms. The van der Waals surface area contributed by atoms with E-state index in [2.05, 4.69) is 10.5 Å². The van der Waals surface area contributed by atoms with Crippen molar-refractivity contribution < 1.29 is 14.1 Å². The summed E-state index contributed by atoms with van der Waals surface area (Å²) in [6, 6.07) is 6.95. The second-order valence-electron chi connectivity index (χ2n) is 5.63. The molecule has 120 valence electrons. The van der Waals surface area contributed by atoms with Crippen LogP contribution in [0.3, 0.4) is 0 Å². The zero-order valence-electron chi connectivity index (χ0n) is 12.8. The van der Waals surface area contributed by atoms with E-state index in [4.69, 9.17) is 16.1 Å². The number of hydrogen-bond donors (Lipinski definition) is 1. The van der Waals surface area contributed by atoms with Crippen LogP contribution in [0, 0.1) is 19.8 Å². The Kier molecular flexibility index (Phi) is 4.09. The van der Waals surface area contributed by atoms with Crippen LogP contribution in [0.15, 0.2) is 28.8 Å². The predicted octanol–water partition coefficient (Wildman–Crippen LogP) is 2.66. The number of aryl methyl sites for hydroxylation is 1. The molecule has 1 N–H and O–H groups in total. The molecule has 0 bridgehead atoms. The Morgan fingerprint density at radius 1 is 1.35 bits per heavy atom. The number of hydrogen-bond acceptors (Lipinski definition) is 4. The van der Waals surface area contributed by atoms with Crippen molar-refractivity contribution in [1.82, 2.24) is 10.1 Å². The number of amides is 2. The summed E-state index contributed by atoms with van der Waals surface area (Å²) in [5, 5.41) is 7.16. The summed E-state index contributed by atoms with van der Waals surface area (Å²) >= 11 is 6.04. The molecule has 6 nitrogen and oxygen atoms in total. The summed E-state index contributed by atoms with van der Waals surface area (Å²) in [5.41, 5.74) is 1.79. The van der Waals surface area contributed by atoms with Gasteiger partial charge in [0, 0.05) is 29.9 Å². The highest BCUT2D eigenvalue weighted by Gasteiger charge is 2.37. The van der Waals surface area contributed by atoms with Crippen molar-refractivity contribution in [3.63, 3.8) is 0 Å². The number of halogens is 1. The lowest BCUT2D eigenvalue weighted by molar-refractivity contribution is -0.123. The van der Waals surface area contributed by atoms with Gasteiger partial charge in [-0.3, -0.25) is 9.59 Å². The molecule has 0 atom stereocenters. The van der Waals surface area contributed by atoms with E-state index in [9.17, 15) is 9.59 Å². The first kappa shape index (κ1) is 15.6. The first-order valence-electron chi connectivity index (χ1n) is 7.24. The highest BCUT2D eigenvalue weighted by molar-refractivity contribution is 6.31. The lowest BCUT2D eigenvalue weighted by atomic mass is 9.98. The molecule has 2 heterocycles. The summed E-state index contributed by atoms with van der Waals surface area (Å²) < 4.78 is 4.89. The molecule has 1 saturated heterocycles. The van der Waals surface area contributed by atoms with Crippen LogP contribution in [0.1, 0.15) is 21.8 Å². The molecule has 0 unspecified atom stereocenters. The summed E-state index contributed by atoms with van der Waals surface area (Å²) in [6.45, 7) is 4.32. The molecule has 23 heavy (non-hydrogen) atoms. The number of benzene rings is 1. The number of rotatable bonds is 3. The van der Waals surface area contributed by atoms with Gasteiger partial charge in [0.05, 0.1) is 5.92 Å². The number of nitrogens with zero attached hydrogens (tertiary/aromatic N) is 2. The fourth-order valence-electron chi connectivity index (χ4n) is 2.42. The monoisotopic (exact) mass is 333 g/mol. The predicted molar refractivity (Wildman–Crippen MR) is 85.5 cm³/mol. The zero-order chi connectivity index (χ0) is 16.6. The third kappa shape index (κ3) is 3.07. The maximum Gasteiger partial charge on any atom is 0.276 e. The Morgan fingerprint density at radius 3 is 2.74 bits per heavy atom. The fraction of sp³-hybridized carbons (Fsp3) is 0.312. The van der Waals surface area contributed by atoms with Crippen LogP contribution >= 0.6 is 11.6 Å². The maximum absolute atomic E-state index is 12.2. The van der Waals surface area contributed by atoms with E-state index in [0.717, 1.165) is 5.56 Å². The normalized spacial score (nSPS) is 14.5. The molecule has 1 fully saturated rings. The van der Waals surface area contributed by atoms with Gasteiger partial charge in [0.15, 0.2) is 5.69 Å². The van der Waals surface area contributed by atoms with Crippen LogP contribution in [0.2, 0.25) is 5.02 Å². The lowest BCUT2D eigenvalue weighted by Gasteiger charge is -2.37. The number of anilines is 1. The van der Waals surface area contributed by atoms with Gasteiger partial charge in [-0.2, -0.15) is 0 Å². The van der Waals surface area contributed by atoms with Gasteiger partial charge < -0.3 is 14.7 Å². The van der Waals surface area contributed by atoms with Crippen molar-refractivity contribution in [3.8, 4) is 0 Å². The van der Waals surface area contributed by atoms with Crippen molar-refractivity contribution in [2.45, 2.75) is 13.8 Å². The van der Waals surface area contributed by atoms with Crippen molar-refractivity contribution in [3.05, 3.63) is 46.3 Å². The Balaban J connectivity index is 1.58. The maximum atomic E-state index is 12.2. The second-order valence-corrected chi connectivity index (χ2v) is 6.04. The van der Waals surface area contributed by atoms with Crippen molar-refractivity contribution in [1.29, 1.82) is 0 Å². The number of likely N-dealkylation sites (tertiary alicyclic amines) is 1. The number of carbonyl (C=O) groups excluding carboxylic acids is 2. The first-order chi connectivity index (χ1) is 11.0. The Labute approximate surface area is 138 Å². The van der Waals surface area contributed by atoms with Gasteiger partial charge in [-0.25, -0.2) is 0 Å². The Bertz CT molecular complexity index is 766. The van der Waals surface area contributed by atoms with E-state index >= 15 is 0 Å². The number of nitrogens with one attached hydrogen (secondary N) is 1. The Hall–Kier alpha value is -2.34. The van der Waals surface area contributed by atoms with Gasteiger partial charge >= 0.3 is 0 Å². The molecule has 0 aliphatic carbocycles. The topological polar surface area (TPSA) is 75.4 Å². The largest absolute Gasteiger partial charge is 0.361 e. The fourth-order valence-corrected chi connectivity index (χ4v) is 2.59. The molecule has 0 saturated carbocycles. The highest BCUT2D eigenvalue weighted by atomic mass is 35.5. The van der Waals surface area contributed by atoms with E-state index in [1.165, 1.54) is 0 Å². The van der Waals surface area contributed by atoms with E-state index < -0.39 is 0 Å². The third-order valence-electron chi connectivity index (χ3n) is 3.91. The van der Waals surface area contributed by atoms with Crippen molar-refractivity contribution >= 4 is 29.1 Å². The minimum Gasteiger partial charge on any atom is -0.361 e. The van der Waals surface area contributed by atoms with Gasteiger partial charge in [-0.05, 0) is 31.5 Å². The molecule has 7 heteroatoms. The molecule has 3 rings (SSSR count). The second kappa shape index (κ2) is 6.04. The van der Waals surface area contributed by atoms with Crippen LogP contribution in [0.25, 0.3) is 0 Å². The quantitative estimate of drug-likeness (QED) is 0.937. The molecule has 0 radical (unpaired) electrons. The number of carbonyl (C=O) groups is 2. The molecular formula is C16H16ClN3O3. The van der Waals surface area contributed by atoms with Crippen LogP contribution in [-0.4, -0.2) is 35.0 Å². The first-order valence-corrected chi connectivity index (χ1v) is 7.62. The van der Waals surface area contributed by atoms with Crippen LogP contribution in [-0.2, 0) is 4.79 Å². The van der Waals surface area contributed by atoms with Crippen molar-refractivity contribution in [2.24, 2.45) is 5.92 Å². The number of aromatic nitrogens is 1. The molecule has 2 amide bonds. The summed E-state index contributed by atoms with van der Waals surface area (Å²) in [7, 11) is 0. The average Bonchev–Trinajstić information content (AvgIpc) is 2.89. The third-order valence-corrected chi connectivity index (χ3v) is 4.32. The van der Waals surface area contributed by atoms with Gasteiger partial charge in [-0.15, -0.1) is 0 Å². The minimum atomic E-state index is -0.231. The molecular weight excluding hydrogens is 318 g/mol. The molecule has 1 aromatic heterocycles. The van der Waals surface area contributed by atoms with Gasteiger partial charge in [-0.1, -0.05) is 22.8 Å². The van der Waals surface area contributed by atoms with E-state index in [0.29, 0.717) is 29.6 Å². The van der Waals surface area contributed by atoms with Crippen molar-refractivity contribution in [2.75, 3.05) is 18.4 Å². The van der Waals surface area contributed by atoms with E-state index in [1.54, 1.807) is 36.1 Å². The van der Waals surface area contributed by atoms with Gasteiger partial charge in [0.1, 0.15) is 5.76 Å². The highest BCUT2D eigenvalue weighted by Crippen LogP contribution is 2.25. The van der Waals surface area contributed by atoms with E-state index in [-0.39, 0.29) is 23.4 Å². The standard InChI is InChI=1S/C16H16ClN3O3/c1-9-6-14(19-23-9)16(22)20-7-11(8-20)15(21)18-13-5-3-4-12(17)10(13)2/h3-6,11H,7-8H2,1-2H3,(H,18,21). The van der Waals surface area contributed by atoms with Crippen LogP contribution < -0.4 is 5.32 Å². The summed E-state index contributed by atoms with van der Waals surface area (Å²) in [6.07, 6.45) is 0. The summed E-state index contributed by atoms with van der Waals surface area (Å²) in [4.78, 5) is 25.9. The van der Waals surface area contributed by atoms with Crippen LogP contribution in [0.5, 0.6) is 0 Å². The molecule has 2 aromatic rings. The molecule has 1 aliphatic heterocycles. The Morgan fingerprint density at radius 2 is 2.09 bits per heavy atom. The average molecular weight is 334 g/mol. The minimum absolute atomic E-state index is 0.115.